The highest BCUT2D eigenvalue weighted by molar-refractivity contribution is 5.93. The van der Waals surface area contributed by atoms with Gasteiger partial charge >= 0.3 is 5.97 Å². The SMILES string of the molecule is COC(=O)[C@@H]1C(O)=CC(=O)C[C@H]1C. The molecule has 0 bridgehead atoms. The Morgan fingerprint density at radius 1 is 1.69 bits per heavy atom. The Balaban J connectivity index is 2.90. The summed E-state index contributed by atoms with van der Waals surface area (Å²) in [5.41, 5.74) is 0. The fraction of sp³-hybridized carbons (Fsp3) is 0.556. The van der Waals surface area contributed by atoms with E-state index in [1.807, 2.05) is 0 Å². The summed E-state index contributed by atoms with van der Waals surface area (Å²) in [7, 11) is 1.26. The topological polar surface area (TPSA) is 63.6 Å². The molecular formula is C9H12O4. The Bertz CT molecular complexity index is 267. The monoisotopic (exact) mass is 184 g/mol. The molecule has 13 heavy (non-hydrogen) atoms. The number of ketones is 1. The Hall–Kier alpha value is -1.32. The zero-order valence-electron chi connectivity index (χ0n) is 7.61. The van der Waals surface area contributed by atoms with Crippen LogP contribution < -0.4 is 0 Å². The van der Waals surface area contributed by atoms with Gasteiger partial charge in [0.15, 0.2) is 5.78 Å². The number of carbonyl (C=O) groups excluding carboxylic acids is 2. The molecule has 1 aliphatic carbocycles. The molecule has 1 N–H and O–H groups in total. The molecule has 0 saturated heterocycles. The Morgan fingerprint density at radius 3 is 2.77 bits per heavy atom. The number of aliphatic hydroxyl groups excluding tert-OH is 1. The van der Waals surface area contributed by atoms with Crippen LogP contribution >= 0.6 is 0 Å². The first-order chi connectivity index (χ1) is 6.06. The third-order valence-electron chi connectivity index (χ3n) is 2.17. The van der Waals surface area contributed by atoms with E-state index in [1.165, 1.54) is 7.11 Å². The maximum Gasteiger partial charge on any atom is 0.316 e. The molecule has 1 rings (SSSR count). The molecular weight excluding hydrogens is 172 g/mol. The Labute approximate surface area is 76.2 Å². The molecule has 0 radical (unpaired) electrons. The van der Waals surface area contributed by atoms with Crippen LogP contribution in [0.1, 0.15) is 13.3 Å². The van der Waals surface area contributed by atoms with Crippen LogP contribution in [0.4, 0.5) is 0 Å². The van der Waals surface area contributed by atoms with E-state index in [0.717, 1.165) is 6.08 Å². The fourth-order valence-corrected chi connectivity index (χ4v) is 1.52. The number of aliphatic hydroxyl groups is 1. The molecule has 0 fully saturated rings. The zero-order valence-corrected chi connectivity index (χ0v) is 7.61. The highest BCUT2D eigenvalue weighted by atomic mass is 16.5. The van der Waals surface area contributed by atoms with Crippen molar-refractivity contribution in [1.29, 1.82) is 0 Å². The molecule has 4 nitrogen and oxygen atoms in total. The van der Waals surface area contributed by atoms with Crippen LogP contribution in [0.3, 0.4) is 0 Å². The normalized spacial score (nSPS) is 28.2. The van der Waals surface area contributed by atoms with E-state index in [4.69, 9.17) is 0 Å². The van der Waals surface area contributed by atoms with Crippen LogP contribution in [0.25, 0.3) is 0 Å². The zero-order chi connectivity index (χ0) is 10.0. The summed E-state index contributed by atoms with van der Waals surface area (Å²) in [6.45, 7) is 1.74. The van der Waals surface area contributed by atoms with Crippen LogP contribution in [-0.4, -0.2) is 24.0 Å². The van der Waals surface area contributed by atoms with E-state index < -0.39 is 11.9 Å². The summed E-state index contributed by atoms with van der Waals surface area (Å²) in [5, 5.41) is 9.35. The predicted octanol–water partition coefficient (Wildman–Crippen LogP) is 0.826. The second kappa shape index (κ2) is 3.60. The van der Waals surface area contributed by atoms with Crippen molar-refractivity contribution in [2.75, 3.05) is 7.11 Å². The number of ether oxygens (including phenoxy) is 1. The molecule has 0 aromatic carbocycles. The number of hydrogen-bond donors (Lipinski definition) is 1. The van der Waals surface area contributed by atoms with Crippen molar-refractivity contribution in [3.05, 3.63) is 11.8 Å². The third kappa shape index (κ3) is 1.88. The quantitative estimate of drug-likeness (QED) is 0.613. The minimum atomic E-state index is -0.678. The van der Waals surface area contributed by atoms with Crippen molar-refractivity contribution in [3.8, 4) is 0 Å². The van der Waals surface area contributed by atoms with Crippen LogP contribution in [0.2, 0.25) is 0 Å². The van der Waals surface area contributed by atoms with Gasteiger partial charge in [-0.2, -0.15) is 0 Å². The van der Waals surface area contributed by atoms with Crippen molar-refractivity contribution in [2.45, 2.75) is 13.3 Å². The molecule has 0 aliphatic heterocycles. The summed E-state index contributed by atoms with van der Waals surface area (Å²) < 4.78 is 4.51. The number of esters is 1. The lowest BCUT2D eigenvalue weighted by Crippen LogP contribution is -2.30. The molecule has 4 heteroatoms. The number of methoxy groups -OCH3 is 1. The van der Waals surface area contributed by atoms with Gasteiger partial charge in [-0.05, 0) is 5.92 Å². The van der Waals surface area contributed by atoms with Gasteiger partial charge in [-0.15, -0.1) is 0 Å². The van der Waals surface area contributed by atoms with Crippen molar-refractivity contribution in [3.63, 3.8) is 0 Å². The van der Waals surface area contributed by atoms with Gasteiger partial charge in [-0.3, -0.25) is 9.59 Å². The van der Waals surface area contributed by atoms with Crippen LogP contribution in [0, 0.1) is 11.8 Å². The maximum atomic E-state index is 11.2. The fourth-order valence-electron chi connectivity index (χ4n) is 1.52. The molecule has 2 atom stereocenters. The van der Waals surface area contributed by atoms with Crippen molar-refractivity contribution in [1.82, 2.24) is 0 Å². The highest BCUT2D eigenvalue weighted by Gasteiger charge is 2.34. The largest absolute Gasteiger partial charge is 0.511 e. The summed E-state index contributed by atoms with van der Waals surface area (Å²) in [6.07, 6.45) is 1.38. The second-order valence-electron chi connectivity index (χ2n) is 3.22. The molecule has 0 heterocycles. The van der Waals surface area contributed by atoms with Gasteiger partial charge in [0.25, 0.3) is 0 Å². The second-order valence-corrected chi connectivity index (χ2v) is 3.22. The van der Waals surface area contributed by atoms with Gasteiger partial charge in [-0.1, -0.05) is 6.92 Å². The minimum absolute atomic E-state index is 0.148. The van der Waals surface area contributed by atoms with Gasteiger partial charge in [0.1, 0.15) is 11.7 Å². The smallest absolute Gasteiger partial charge is 0.316 e. The summed E-state index contributed by atoms with van der Waals surface area (Å²) in [4.78, 5) is 22.1. The first kappa shape index (κ1) is 9.77. The maximum absolute atomic E-state index is 11.2. The van der Waals surface area contributed by atoms with Crippen molar-refractivity contribution < 1.29 is 19.4 Å². The molecule has 1 aliphatic rings. The van der Waals surface area contributed by atoms with Gasteiger partial charge in [0.05, 0.1) is 7.11 Å². The van der Waals surface area contributed by atoms with Crippen LogP contribution in [0.15, 0.2) is 11.8 Å². The lowest BCUT2D eigenvalue weighted by Gasteiger charge is -2.23. The van der Waals surface area contributed by atoms with Crippen molar-refractivity contribution >= 4 is 11.8 Å². The lowest BCUT2D eigenvalue weighted by molar-refractivity contribution is -0.147. The highest BCUT2D eigenvalue weighted by Crippen LogP contribution is 2.27. The molecule has 0 unspecified atom stereocenters. The number of hydrogen-bond acceptors (Lipinski definition) is 4. The lowest BCUT2D eigenvalue weighted by atomic mass is 9.83. The van der Waals surface area contributed by atoms with Gasteiger partial charge < -0.3 is 9.84 Å². The standard InChI is InChI=1S/C9H12O4/c1-5-3-6(10)4-7(11)8(5)9(12)13-2/h4-5,8,11H,3H2,1-2H3/t5-,8+/m1/s1. The number of carbonyl (C=O) groups is 2. The molecule has 0 aromatic rings. The minimum Gasteiger partial charge on any atom is -0.511 e. The average Bonchev–Trinajstić information content (AvgIpc) is 2.02. The summed E-state index contributed by atoms with van der Waals surface area (Å²) >= 11 is 0. The third-order valence-corrected chi connectivity index (χ3v) is 2.17. The Morgan fingerprint density at radius 2 is 2.31 bits per heavy atom. The molecule has 0 spiro atoms. The molecule has 0 aromatic heterocycles. The summed E-state index contributed by atoms with van der Waals surface area (Å²) in [5.74, 6) is -1.69. The number of allylic oxidation sites excluding steroid dienone is 1. The predicted molar refractivity (Wildman–Crippen MR) is 45.0 cm³/mol. The van der Waals surface area contributed by atoms with Gasteiger partial charge in [-0.25, -0.2) is 0 Å². The van der Waals surface area contributed by atoms with E-state index in [0.29, 0.717) is 0 Å². The van der Waals surface area contributed by atoms with E-state index in [-0.39, 0.29) is 23.9 Å². The van der Waals surface area contributed by atoms with Gasteiger partial charge in [0.2, 0.25) is 0 Å². The van der Waals surface area contributed by atoms with Crippen LogP contribution in [0.5, 0.6) is 0 Å². The van der Waals surface area contributed by atoms with E-state index >= 15 is 0 Å². The Kier molecular flexibility index (Phi) is 2.70. The first-order valence-corrected chi connectivity index (χ1v) is 4.07. The average molecular weight is 184 g/mol. The molecule has 0 amide bonds. The first-order valence-electron chi connectivity index (χ1n) is 4.07. The van der Waals surface area contributed by atoms with E-state index in [2.05, 4.69) is 4.74 Å². The summed E-state index contributed by atoms with van der Waals surface area (Å²) in [6, 6.07) is 0. The van der Waals surface area contributed by atoms with E-state index in [1.54, 1.807) is 6.92 Å². The molecule has 72 valence electrons. The van der Waals surface area contributed by atoms with Crippen LogP contribution in [-0.2, 0) is 14.3 Å². The van der Waals surface area contributed by atoms with Crippen molar-refractivity contribution in [2.24, 2.45) is 11.8 Å². The van der Waals surface area contributed by atoms with Gasteiger partial charge in [0, 0.05) is 12.5 Å². The van der Waals surface area contributed by atoms with E-state index in [9.17, 15) is 14.7 Å². The number of rotatable bonds is 1. The molecule has 0 saturated carbocycles.